The van der Waals surface area contributed by atoms with Crippen molar-refractivity contribution in [2.75, 3.05) is 6.54 Å². The van der Waals surface area contributed by atoms with Crippen molar-refractivity contribution >= 4 is 0 Å². The molecule has 0 amide bonds. The van der Waals surface area contributed by atoms with Crippen LogP contribution in [0, 0.1) is 29.6 Å². The largest absolute Gasteiger partial charge is 0.412 e. The highest BCUT2D eigenvalue weighted by Crippen LogP contribution is 2.39. The Kier molecular flexibility index (Phi) is 20.8. The molecule has 3 atom stereocenters. The fourth-order valence-corrected chi connectivity index (χ4v) is 6.58. The third-order valence-electron chi connectivity index (χ3n) is 8.56. The molecule has 0 bridgehead atoms. The minimum absolute atomic E-state index is 0. The van der Waals surface area contributed by atoms with E-state index in [9.17, 15) is 0 Å². The normalized spacial score (nSPS) is 25.7. The highest BCUT2D eigenvalue weighted by Gasteiger charge is 2.25. The van der Waals surface area contributed by atoms with Crippen molar-refractivity contribution < 1.29 is 5.48 Å². The summed E-state index contributed by atoms with van der Waals surface area (Å²) in [5, 5.41) is 0. The average Bonchev–Trinajstić information content (AvgIpc) is 2.87. The molecule has 3 aliphatic rings. The van der Waals surface area contributed by atoms with Gasteiger partial charge in [-0.05, 0) is 74.7 Å². The lowest BCUT2D eigenvalue weighted by Gasteiger charge is -2.33. The van der Waals surface area contributed by atoms with E-state index in [1.54, 1.807) is 12.0 Å². The van der Waals surface area contributed by atoms with E-state index >= 15 is 0 Å². The summed E-state index contributed by atoms with van der Waals surface area (Å²) in [5.74, 6) is 4.85. The lowest BCUT2D eigenvalue weighted by Crippen LogP contribution is -2.21. The fourth-order valence-electron chi connectivity index (χ4n) is 6.58. The maximum absolute atomic E-state index is 5.74. The Morgan fingerprint density at radius 3 is 1.97 bits per heavy atom. The molecule has 2 heteroatoms. The van der Waals surface area contributed by atoms with Gasteiger partial charge in [0.25, 0.3) is 0 Å². The zero-order valence-electron chi connectivity index (χ0n) is 23.5. The summed E-state index contributed by atoms with van der Waals surface area (Å²) in [6, 6.07) is 0. The second kappa shape index (κ2) is 21.0. The van der Waals surface area contributed by atoms with Gasteiger partial charge in [0, 0.05) is 0 Å². The predicted octanol–water partition coefficient (Wildman–Crippen LogP) is 9.26. The summed E-state index contributed by atoms with van der Waals surface area (Å²) < 4.78 is 0. The molecule has 0 aromatic carbocycles. The molecule has 0 aliphatic heterocycles. The molecule has 0 radical (unpaired) electrons. The maximum atomic E-state index is 5.74. The van der Waals surface area contributed by atoms with Gasteiger partial charge in [0.15, 0.2) is 0 Å². The van der Waals surface area contributed by atoms with E-state index in [1.165, 1.54) is 109 Å². The number of allylic oxidation sites excluding steroid dienone is 2. The molecule has 0 aromatic heterocycles. The predicted molar refractivity (Wildman–Crippen MR) is 150 cm³/mol. The number of hydrogen-bond donors (Lipinski definition) is 1. The van der Waals surface area contributed by atoms with Crippen LogP contribution in [0.3, 0.4) is 0 Å². The van der Waals surface area contributed by atoms with Crippen molar-refractivity contribution in [2.45, 2.75) is 150 Å². The van der Waals surface area contributed by atoms with Gasteiger partial charge < -0.3 is 11.2 Å². The fraction of sp³-hybridized carbons (Fsp3) is 0.935. The quantitative estimate of drug-likeness (QED) is 0.339. The zero-order valence-corrected chi connectivity index (χ0v) is 23.5. The van der Waals surface area contributed by atoms with Gasteiger partial charge in [0.2, 0.25) is 0 Å². The third kappa shape index (κ3) is 13.4. The topological polar surface area (TPSA) is 57.5 Å². The van der Waals surface area contributed by atoms with Gasteiger partial charge in [0.05, 0.1) is 0 Å². The van der Waals surface area contributed by atoms with Crippen LogP contribution in [0.2, 0.25) is 0 Å². The average molecular weight is 466 g/mol. The van der Waals surface area contributed by atoms with Gasteiger partial charge in [-0.1, -0.05) is 123 Å². The molecule has 2 saturated carbocycles. The molecule has 0 heterocycles. The molecule has 3 rings (SSSR count). The molecule has 3 aliphatic carbocycles. The van der Waals surface area contributed by atoms with Crippen LogP contribution in [-0.4, -0.2) is 12.0 Å². The molecular weight excluding hydrogens is 402 g/mol. The number of rotatable bonds is 9. The Hall–Kier alpha value is -0.340. The van der Waals surface area contributed by atoms with Crippen LogP contribution in [0.25, 0.3) is 0 Å². The summed E-state index contributed by atoms with van der Waals surface area (Å²) in [5.41, 5.74) is 7.52. The summed E-state index contributed by atoms with van der Waals surface area (Å²) in [6.45, 7) is 11.9. The van der Waals surface area contributed by atoms with E-state index in [0.29, 0.717) is 0 Å². The van der Waals surface area contributed by atoms with Gasteiger partial charge in [-0.3, -0.25) is 0 Å². The van der Waals surface area contributed by atoms with Gasteiger partial charge in [-0.15, -0.1) is 0 Å². The standard InChI is InChI=1S/C15H27N.C14H28.C2H6.H2O/c1-2-12-4-3-5-15(10-12)14-8-6-13(11-16)7-9-14;1-3-8-13(9-4-2)12-14-10-6-5-7-11-14;1-2;/h8,12-13,15H,2-7,9-11,16H2,1H3;13-14H,3-12H2,1-2H3;1-2H3;1H2/t12?,13?,15-;;;/m1.../s1. The SMILES string of the molecule is CC.CCC1CCC[C@@H](C2=CCC(CN)CC2)C1.CCCC(CCC)CC1CCCCC1.O. The Bertz CT molecular complexity index is 448. The molecule has 198 valence electrons. The molecule has 0 spiro atoms. The summed E-state index contributed by atoms with van der Waals surface area (Å²) in [4.78, 5) is 0. The van der Waals surface area contributed by atoms with Crippen LogP contribution in [0.4, 0.5) is 0 Å². The van der Waals surface area contributed by atoms with Gasteiger partial charge in [-0.2, -0.15) is 0 Å². The highest BCUT2D eigenvalue weighted by atomic mass is 16.0. The molecule has 33 heavy (non-hydrogen) atoms. The Morgan fingerprint density at radius 1 is 0.818 bits per heavy atom. The molecule has 2 unspecified atom stereocenters. The lowest BCUT2D eigenvalue weighted by molar-refractivity contribution is 0.268. The van der Waals surface area contributed by atoms with Crippen molar-refractivity contribution in [2.24, 2.45) is 35.3 Å². The molecule has 2 fully saturated rings. The monoisotopic (exact) mass is 465 g/mol. The van der Waals surface area contributed by atoms with Crippen molar-refractivity contribution in [3.63, 3.8) is 0 Å². The van der Waals surface area contributed by atoms with Gasteiger partial charge in [-0.25, -0.2) is 0 Å². The smallest absolute Gasteiger partial charge is 0.00458 e. The molecule has 0 aromatic rings. The molecule has 4 N–H and O–H groups in total. The summed E-state index contributed by atoms with van der Waals surface area (Å²) in [7, 11) is 0. The Labute approximate surface area is 209 Å². The second-order valence-corrected chi connectivity index (χ2v) is 11.0. The van der Waals surface area contributed by atoms with E-state index in [2.05, 4.69) is 26.8 Å². The van der Waals surface area contributed by atoms with Crippen molar-refractivity contribution in [3.05, 3.63) is 11.6 Å². The van der Waals surface area contributed by atoms with Crippen molar-refractivity contribution in [1.82, 2.24) is 0 Å². The van der Waals surface area contributed by atoms with E-state index < -0.39 is 0 Å². The molecule has 2 nitrogen and oxygen atoms in total. The second-order valence-electron chi connectivity index (χ2n) is 11.0. The van der Waals surface area contributed by atoms with Gasteiger partial charge >= 0.3 is 0 Å². The summed E-state index contributed by atoms with van der Waals surface area (Å²) in [6.07, 6.45) is 28.6. The maximum Gasteiger partial charge on any atom is -0.00458 e. The summed E-state index contributed by atoms with van der Waals surface area (Å²) >= 11 is 0. The molecule has 0 saturated heterocycles. The van der Waals surface area contributed by atoms with E-state index in [4.69, 9.17) is 5.73 Å². The lowest BCUT2D eigenvalue weighted by atomic mass is 9.73. The first-order valence-electron chi connectivity index (χ1n) is 15.1. The highest BCUT2D eigenvalue weighted by molar-refractivity contribution is 5.11. The van der Waals surface area contributed by atoms with Crippen LogP contribution in [0.1, 0.15) is 150 Å². The van der Waals surface area contributed by atoms with Crippen LogP contribution >= 0.6 is 0 Å². The van der Waals surface area contributed by atoms with Crippen LogP contribution in [-0.2, 0) is 0 Å². The minimum atomic E-state index is 0. The van der Waals surface area contributed by atoms with Crippen LogP contribution in [0.15, 0.2) is 11.6 Å². The van der Waals surface area contributed by atoms with Crippen LogP contribution in [0.5, 0.6) is 0 Å². The van der Waals surface area contributed by atoms with E-state index in [0.717, 1.165) is 36.1 Å². The van der Waals surface area contributed by atoms with E-state index in [-0.39, 0.29) is 5.48 Å². The first-order valence-corrected chi connectivity index (χ1v) is 15.1. The Balaban J connectivity index is 0.000000566. The minimum Gasteiger partial charge on any atom is -0.412 e. The molecular formula is C31H63NO. The van der Waals surface area contributed by atoms with Crippen LogP contribution < -0.4 is 5.73 Å². The first-order chi connectivity index (χ1) is 15.7. The van der Waals surface area contributed by atoms with Crippen molar-refractivity contribution in [3.8, 4) is 0 Å². The zero-order chi connectivity index (χ0) is 23.6. The van der Waals surface area contributed by atoms with E-state index in [1.807, 2.05) is 13.8 Å². The Morgan fingerprint density at radius 2 is 1.45 bits per heavy atom. The first kappa shape index (κ1) is 32.7. The number of nitrogens with two attached hydrogens (primary N) is 1. The third-order valence-corrected chi connectivity index (χ3v) is 8.56. The van der Waals surface area contributed by atoms with Crippen molar-refractivity contribution in [1.29, 1.82) is 0 Å². The van der Waals surface area contributed by atoms with Gasteiger partial charge in [0.1, 0.15) is 0 Å². The number of hydrogen-bond acceptors (Lipinski definition) is 1.